The number of alkyl halides is 4. The Morgan fingerprint density at radius 3 is 2.52 bits per heavy atom. The van der Waals surface area contributed by atoms with Gasteiger partial charge in [-0.3, -0.25) is 4.79 Å². The fourth-order valence-electron chi connectivity index (χ4n) is 2.35. The number of halogens is 5. The number of carbonyl (C=O) groups is 1. The van der Waals surface area contributed by atoms with Crippen LogP contribution in [0.25, 0.3) is 0 Å². The second-order valence-corrected chi connectivity index (χ2v) is 5.20. The minimum Gasteiger partial charge on any atom is -0.427 e. The van der Waals surface area contributed by atoms with E-state index in [9.17, 15) is 22.4 Å². The van der Waals surface area contributed by atoms with Crippen LogP contribution in [0, 0.1) is 0 Å². The number of hydrogen-bond donors (Lipinski definition) is 2. The van der Waals surface area contributed by atoms with Gasteiger partial charge in [0.1, 0.15) is 5.75 Å². The number of ether oxygens (including phenoxy) is 1. The van der Waals surface area contributed by atoms with Crippen molar-refractivity contribution in [2.24, 2.45) is 5.73 Å². The molecule has 2 rings (SSSR count). The Kier molecular flexibility index (Phi) is 6.64. The topological polar surface area (TPSA) is 64.3 Å². The summed E-state index contributed by atoms with van der Waals surface area (Å²) in [6.45, 7) is 0. The molecule has 2 atom stereocenters. The van der Waals surface area contributed by atoms with E-state index in [0.717, 1.165) is 12.5 Å². The summed E-state index contributed by atoms with van der Waals surface area (Å²) in [5.41, 5.74) is 5.51. The van der Waals surface area contributed by atoms with Crippen LogP contribution in [0.4, 0.5) is 17.6 Å². The van der Waals surface area contributed by atoms with E-state index < -0.39 is 24.2 Å². The van der Waals surface area contributed by atoms with Gasteiger partial charge in [0, 0.05) is 12.1 Å². The molecule has 130 valence electrons. The second kappa shape index (κ2) is 7.83. The average Bonchev–Trinajstić information content (AvgIpc) is 2.84. The van der Waals surface area contributed by atoms with Crippen molar-refractivity contribution < 1.29 is 27.1 Å². The van der Waals surface area contributed by atoms with E-state index in [4.69, 9.17) is 5.73 Å². The van der Waals surface area contributed by atoms with Crippen LogP contribution in [-0.4, -0.2) is 30.5 Å². The zero-order valence-electron chi connectivity index (χ0n) is 12.0. The Morgan fingerprint density at radius 1 is 1.30 bits per heavy atom. The first-order chi connectivity index (χ1) is 10.3. The van der Waals surface area contributed by atoms with Crippen LogP contribution < -0.4 is 15.8 Å². The number of nitrogens with one attached hydrogen (secondary N) is 1. The molecule has 1 saturated carbocycles. The summed E-state index contributed by atoms with van der Waals surface area (Å²) in [7, 11) is 0. The van der Waals surface area contributed by atoms with E-state index in [-0.39, 0.29) is 30.1 Å². The molecule has 3 N–H and O–H groups in total. The Balaban J connectivity index is 0.00000264. The third kappa shape index (κ3) is 4.97. The van der Waals surface area contributed by atoms with Crippen LogP contribution in [0.1, 0.15) is 29.6 Å². The van der Waals surface area contributed by atoms with Crippen LogP contribution in [-0.2, 0) is 0 Å². The summed E-state index contributed by atoms with van der Waals surface area (Å²) < 4.78 is 54.5. The highest BCUT2D eigenvalue weighted by molar-refractivity contribution is 5.97. The van der Waals surface area contributed by atoms with E-state index in [1.165, 1.54) is 18.2 Å². The minimum atomic E-state index is -4.66. The number of carbonyl (C=O) groups excluding carboxylic acids is 1. The highest BCUT2D eigenvalue weighted by Crippen LogP contribution is 2.30. The maximum absolute atomic E-state index is 13.0. The first-order valence-electron chi connectivity index (χ1n) is 6.80. The van der Waals surface area contributed by atoms with Gasteiger partial charge in [-0.1, -0.05) is 12.1 Å². The summed E-state index contributed by atoms with van der Waals surface area (Å²) in [6.07, 6.45) is -6.62. The SMILES string of the molecule is Cl.N[C@@H]1CC[C@@H](NC(=O)c2ccccc2OC(F)(F)C(F)F)C1. The summed E-state index contributed by atoms with van der Waals surface area (Å²) in [4.78, 5) is 12.1. The average molecular weight is 357 g/mol. The summed E-state index contributed by atoms with van der Waals surface area (Å²) in [5, 5.41) is 2.65. The molecule has 23 heavy (non-hydrogen) atoms. The van der Waals surface area contributed by atoms with Crippen molar-refractivity contribution in [2.45, 2.75) is 43.9 Å². The molecule has 0 heterocycles. The Hall–Kier alpha value is -1.54. The van der Waals surface area contributed by atoms with E-state index in [2.05, 4.69) is 10.1 Å². The van der Waals surface area contributed by atoms with Gasteiger partial charge in [0.25, 0.3) is 5.91 Å². The third-order valence-corrected chi connectivity index (χ3v) is 3.44. The van der Waals surface area contributed by atoms with Crippen molar-refractivity contribution in [3.63, 3.8) is 0 Å². The lowest BCUT2D eigenvalue weighted by molar-refractivity contribution is -0.253. The number of amides is 1. The number of hydrogen-bond acceptors (Lipinski definition) is 3. The summed E-state index contributed by atoms with van der Waals surface area (Å²) >= 11 is 0. The molecule has 1 fully saturated rings. The van der Waals surface area contributed by atoms with E-state index in [0.29, 0.717) is 12.8 Å². The standard InChI is InChI=1S/C14H16F4N2O2.ClH/c15-13(16)14(17,18)22-11-4-2-1-3-10(11)12(21)20-9-6-5-8(19)7-9;/h1-4,8-9,13H,5-7,19H2,(H,20,21);1H/t8-,9-;/m1./s1. The predicted octanol–water partition coefficient (Wildman–Crippen LogP) is 2.95. The smallest absolute Gasteiger partial charge is 0.427 e. The summed E-state index contributed by atoms with van der Waals surface area (Å²) in [5.74, 6) is -1.24. The number of rotatable bonds is 5. The largest absolute Gasteiger partial charge is 0.461 e. The molecular formula is C14H17ClF4N2O2. The molecule has 1 aliphatic carbocycles. The van der Waals surface area contributed by atoms with Crippen molar-refractivity contribution in [1.29, 1.82) is 0 Å². The van der Waals surface area contributed by atoms with Gasteiger partial charge in [-0.15, -0.1) is 12.4 Å². The molecular weight excluding hydrogens is 340 g/mol. The molecule has 0 saturated heterocycles. The quantitative estimate of drug-likeness (QED) is 0.797. The van der Waals surface area contributed by atoms with Gasteiger partial charge in [0.2, 0.25) is 0 Å². The normalized spacial score (nSPS) is 21.0. The van der Waals surface area contributed by atoms with Gasteiger partial charge in [-0.2, -0.15) is 17.6 Å². The third-order valence-electron chi connectivity index (χ3n) is 3.44. The monoisotopic (exact) mass is 356 g/mol. The molecule has 1 aromatic rings. The van der Waals surface area contributed by atoms with Gasteiger partial charge in [0.15, 0.2) is 0 Å². The zero-order chi connectivity index (χ0) is 16.3. The second-order valence-electron chi connectivity index (χ2n) is 5.20. The first-order valence-corrected chi connectivity index (χ1v) is 6.80. The molecule has 1 amide bonds. The first kappa shape index (κ1) is 19.5. The van der Waals surface area contributed by atoms with E-state index in [1.807, 2.05) is 0 Å². The highest BCUT2D eigenvalue weighted by Gasteiger charge is 2.44. The maximum atomic E-state index is 13.0. The number of nitrogens with two attached hydrogens (primary N) is 1. The van der Waals surface area contributed by atoms with Crippen molar-refractivity contribution in [2.75, 3.05) is 0 Å². The van der Waals surface area contributed by atoms with Gasteiger partial charge >= 0.3 is 12.5 Å². The van der Waals surface area contributed by atoms with Gasteiger partial charge in [-0.25, -0.2) is 0 Å². The minimum absolute atomic E-state index is 0. The lowest BCUT2D eigenvalue weighted by atomic mass is 10.1. The zero-order valence-corrected chi connectivity index (χ0v) is 12.8. The molecule has 9 heteroatoms. The van der Waals surface area contributed by atoms with Crippen LogP contribution >= 0.6 is 12.4 Å². The maximum Gasteiger partial charge on any atom is 0.461 e. The van der Waals surface area contributed by atoms with E-state index >= 15 is 0 Å². The molecule has 0 aliphatic heterocycles. The van der Waals surface area contributed by atoms with Crippen LogP contribution in [0.2, 0.25) is 0 Å². The van der Waals surface area contributed by atoms with E-state index in [1.54, 1.807) is 0 Å². The van der Waals surface area contributed by atoms with Gasteiger partial charge < -0.3 is 15.8 Å². The Morgan fingerprint density at radius 2 is 1.96 bits per heavy atom. The molecule has 4 nitrogen and oxygen atoms in total. The van der Waals surface area contributed by atoms with Crippen molar-refractivity contribution in [3.8, 4) is 5.75 Å². The lowest BCUT2D eigenvalue weighted by Gasteiger charge is -2.19. The Labute approximate surface area is 136 Å². The van der Waals surface area contributed by atoms with Gasteiger partial charge in [-0.05, 0) is 31.4 Å². The molecule has 0 bridgehead atoms. The number of benzene rings is 1. The fraction of sp³-hybridized carbons (Fsp3) is 0.500. The molecule has 1 aromatic carbocycles. The predicted molar refractivity (Wildman–Crippen MR) is 78.3 cm³/mol. The van der Waals surface area contributed by atoms with Crippen LogP contribution in [0.3, 0.4) is 0 Å². The molecule has 0 radical (unpaired) electrons. The van der Waals surface area contributed by atoms with Crippen LogP contribution in [0.5, 0.6) is 5.75 Å². The van der Waals surface area contributed by atoms with Crippen LogP contribution in [0.15, 0.2) is 24.3 Å². The lowest BCUT2D eigenvalue weighted by Crippen LogP contribution is -2.36. The Bertz CT molecular complexity index is 545. The molecule has 1 aliphatic rings. The molecule has 0 unspecified atom stereocenters. The summed E-state index contributed by atoms with van der Waals surface area (Å²) in [6, 6.07) is 4.86. The van der Waals surface area contributed by atoms with Gasteiger partial charge in [0.05, 0.1) is 5.56 Å². The molecule has 0 spiro atoms. The van der Waals surface area contributed by atoms with Crippen molar-refractivity contribution in [3.05, 3.63) is 29.8 Å². The highest BCUT2D eigenvalue weighted by atomic mass is 35.5. The number of para-hydroxylation sites is 1. The molecule has 0 aromatic heterocycles. The van der Waals surface area contributed by atoms with Crippen molar-refractivity contribution in [1.82, 2.24) is 5.32 Å². The fourth-order valence-corrected chi connectivity index (χ4v) is 2.35. The van der Waals surface area contributed by atoms with Crippen molar-refractivity contribution >= 4 is 18.3 Å².